The van der Waals surface area contributed by atoms with Crippen molar-refractivity contribution in [3.63, 3.8) is 0 Å². The first kappa shape index (κ1) is 11.0. The maximum atomic E-state index is 11.0. The van der Waals surface area contributed by atoms with Gasteiger partial charge in [0.15, 0.2) is 0 Å². The van der Waals surface area contributed by atoms with Crippen molar-refractivity contribution < 1.29 is 4.92 Å². The highest BCUT2D eigenvalue weighted by Crippen LogP contribution is 2.24. The van der Waals surface area contributed by atoms with E-state index in [1.165, 1.54) is 10.9 Å². The molecule has 1 N–H and O–H groups in total. The van der Waals surface area contributed by atoms with Gasteiger partial charge < -0.3 is 5.32 Å². The molecular weight excluding hydrogens is 224 g/mol. The van der Waals surface area contributed by atoms with Gasteiger partial charge >= 0.3 is 5.69 Å². The van der Waals surface area contributed by atoms with E-state index in [4.69, 9.17) is 0 Å². The summed E-state index contributed by atoms with van der Waals surface area (Å²) in [6.07, 6.45) is 3.12. The number of aromatic nitrogens is 4. The SMILES string of the molecule is CNc1nc(C)c([N+](=O)[O-])c(-n2cccn2)n1. The molecule has 0 aliphatic heterocycles. The van der Waals surface area contributed by atoms with Crippen LogP contribution in [0.1, 0.15) is 5.69 Å². The minimum Gasteiger partial charge on any atom is -0.357 e. The van der Waals surface area contributed by atoms with Gasteiger partial charge in [-0.25, -0.2) is 9.67 Å². The van der Waals surface area contributed by atoms with E-state index < -0.39 is 4.92 Å². The molecule has 0 saturated carbocycles. The van der Waals surface area contributed by atoms with Crippen LogP contribution in [0.4, 0.5) is 11.6 Å². The number of aryl methyl sites for hydroxylation is 1. The Hall–Kier alpha value is -2.51. The van der Waals surface area contributed by atoms with Gasteiger partial charge in [0.25, 0.3) is 0 Å². The van der Waals surface area contributed by atoms with E-state index in [9.17, 15) is 10.1 Å². The van der Waals surface area contributed by atoms with E-state index in [0.717, 1.165) is 0 Å². The van der Waals surface area contributed by atoms with Crippen molar-refractivity contribution in [1.82, 2.24) is 19.7 Å². The highest BCUT2D eigenvalue weighted by molar-refractivity contribution is 5.52. The third-order valence-electron chi connectivity index (χ3n) is 2.17. The molecule has 2 rings (SSSR count). The summed E-state index contributed by atoms with van der Waals surface area (Å²) in [6, 6.07) is 1.67. The number of anilines is 1. The maximum absolute atomic E-state index is 11.0. The molecule has 0 unspecified atom stereocenters. The van der Waals surface area contributed by atoms with Crippen LogP contribution in [0.2, 0.25) is 0 Å². The highest BCUT2D eigenvalue weighted by atomic mass is 16.6. The van der Waals surface area contributed by atoms with Crippen LogP contribution in [-0.2, 0) is 0 Å². The van der Waals surface area contributed by atoms with Crippen molar-refractivity contribution >= 4 is 11.6 Å². The minimum atomic E-state index is -0.508. The van der Waals surface area contributed by atoms with E-state index in [-0.39, 0.29) is 11.5 Å². The summed E-state index contributed by atoms with van der Waals surface area (Å²) in [6.45, 7) is 1.56. The molecule has 0 fully saturated rings. The monoisotopic (exact) mass is 234 g/mol. The van der Waals surface area contributed by atoms with Crippen molar-refractivity contribution in [3.05, 3.63) is 34.3 Å². The van der Waals surface area contributed by atoms with E-state index in [2.05, 4.69) is 20.4 Å². The Morgan fingerprint density at radius 1 is 1.47 bits per heavy atom. The van der Waals surface area contributed by atoms with Crippen LogP contribution >= 0.6 is 0 Å². The summed E-state index contributed by atoms with van der Waals surface area (Å²) in [7, 11) is 1.65. The fourth-order valence-electron chi connectivity index (χ4n) is 1.43. The average Bonchev–Trinajstić information content (AvgIpc) is 2.80. The molecule has 8 heteroatoms. The lowest BCUT2D eigenvalue weighted by molar-refractivity contribution is -0.385. The maximum Gasteiger partial charge on any atom is 0.334 e. The van der Waals surface area contributed by atoms with Crippen LogP contribution in [-0.4, -0.2) is 31.7 Å². The molecule has 88 valence electrons. The van der Waals surface area contributed by atoms with Crippen molar-refractivity contribution in [1.29, 1.82) is 0 Å². The molecule has 2 heterocycles. The Labute approximate surface area is 96.5 Å². The van der Waals surface area contributed by atoms with Gasteiger partial charge in [-0.15, -0.1) is 0 Å². The van der Waals surface area contributed by atoms with Crippen LogP contribution in [0.25, 0.3) is 5.82 Å². The van der Waals surface area contributed by atoms with E-state index in [0.29, 0.717) is 11.6 Å². The Kier molecular flexibility index (Phi) is 2.69. The van der Waals surface area contributed by atoms with Crippen LogP contribution < -0.4 is 5.32 Å². The van der Waals surface area contributed by atoms with Crippen LogP contribution in [0.5, 0.6) is 0 Å². The summed E-state index contributed by atoms with van der Waals surface area (Å²) in [5.74, 6) is 0.468. The third-order valence-corrected chi connectivity index (χ3v) is 2.17. The summed E-state index contributed by atoms with van der Waals surface area (Å²) < 4.78 is 1.34. The van der Waals surface area contributed by atoms with E-state index in [1.54, 1.807) is 26.2 Å². The first-order valence-electron chi connectivity index (χ1n) is 4.84. The quantitative estimate of drug-likeness (QED) is 0.626. The number of nitrogens with zero attached hydrogens (tertiary/aromatic N) is 5. The molecule has 0 amide bonds. The molecule has 2 aromatic rings. The topological polar surface area (TPSA) is 98.8 Å². The van der Waals surface area contributed by atoms with Gasteiger partial charge in [-0.05, 0) is 13.0 Å². The van der Waals surface area contributed by atoms with Crippen LogP contribution in [0, 0.1) is 17.0 Å². The molecule has 8 nitrogen and oxygen atoms in total. The molecule has 0 radical (unpaired) electrons. The van der Waals surface area contributed by atoms with Gasteiger partial charge in [0.2, 0.25) is 11.8 Å². The van der Waals surface area contributed by atoms with Crippen molar-refractivity contribution in [2.75, 3.05) is 12.4 Å². The highest BCUT2D eigenvalue weighted by Gasteiger charge is 2.23. The van der Waals surface area contributed by atoms with Gasteiger partial charge in [0.1, 0.15) is 5.69 Å². The van der Waals surface area contributed by atoms with Crippen molar-refractivity contribution in [2.45, 2.75) is 6.92 Å². The molecule has 0 aliphatic carbocycles. The van der Waals surface area contributed by atoms with Gasteiger partial charge in [-0.3, -0.25) is 10.1 Å². The lowest BCUT2D eigenvalue weighted by Gasteiger charge is -2.06. The first-order valence-corrected chi connectivity index (χ1v) is 4.84. The number of rotatable bonds is 3. The zero-order valence-corrected chi connectivity index (χ0v) is 9.28. The molecule has 0 aromatic carbocycles. The Morgan fingerprint density at radius 3 is 2.76 bits per heavy atom. The zero-order valence-electron chi connectivity index (χ0n) is 9.28. The first-order chi connectivity index (χ1) is 8.13. The number of hydrogen-bond acceptors (Lipinski definition) is 6. The fraction of sp³-hybridized carbons (Fsp3) is 0.222. The molecule has 0 spiro atoms. The largest absolute Gasteiger partial charge is 0.357 e. The predicted molar refractivity (Wildman–Crippen MR) is 60.1 cm³/mol. The zero-order chi connectivity index (χ0) is 12.4. The third kappa shape index (κ3) is 1.92. The summed E-state index contributed by atoms with van der Waals surface area (Å²) in [5, 5.41) is 17.7. The number of nitro groups is 1. The molecule has 0 saturated heterocycles. The van der Waals surface area contributed by atoms with Crippen molar-refractivity contribution in [3.8, 4) is 5.82 Å². The summed E-state index contributed by atoms with van der Waals surface area (Å²) in [4.78, 5) is 18.5. The minimum absolute atomic E-state index is 0.146. The fourth-order valence-corrected chi connectivity index (χ4v) is 1.43. The van der Waals surface area contributed by atoms with E-state index >= 15 is 0 Å². The van der Waals surface area contributed by atoms with Crippen molar-refractivity contribution in [2.24, 2.45) is 0 Å². The van der Waals surface area contributed by atoms with E-state index in [1.807, 2.05) is 0 Å². The Morgan fingerprint density at radius 2 is 2.24 bits per heavy atom. The lowest BCUT2D eigenvalue weighted by Crippen LogP contribution is -2.09. The van der Waals surface area contributed by atoms with Gasteiger partial charge in [0, 0.05) is 19.4 Å². The summed E-state index contributed by atoms with van der Waals surface area (Å²) >= 11 is 0. The number of hydrogen-bond donors (Lipinski definition) is 1. The molecule has 0 aliphatic rings. The smallest absolute Gasteiger partial charge is 0.334 e. The Balaban J connectivity index is 2.70. The number of nitrogens with one attached hydrogen (secondary N) is 1. The molecule has 0 atom stereocenters. The molecule has 2 aromatic heterocycles. The predicted octanol–water partition coefficient (Wildman–Crippen LogP) is 0.921. The lowest BCUT2D eigenvalue weighted by atomic mass is 10.3. The normalized spacial score (nSPS) is 10.2. The Bertz CT molecular complexity index is 551. The van der Waals surface area contributed by atoms with Crippen LogP contribution in [0.3, 0.4) is 0 Å². The molecule has 17 heavy (non-hydrogen) atoms. The van der Waals surface area contributed by atoms with Crippen LogP contribution in [0.15, 0.2) is 18.5 Å². The second-order valence-electron chi connectivity index (χ2n) is 3.26. The van der Waals surface area contributed by atoms with Gasteiger partial charge in [0.05, 0.1) is 4.92 Å². The molecule has 0 bridgehead atoms. The second-order valence-corrected chi connectivity index (χ2v) is 3.26. The summed E-state index contributed by atoms with van der Waals surface area (Å²) in [5.41, 5.74) is 0.146. The standard InChI is InChI=1S/C9H10N6O2/c1-6-7(15(16)17)8(13-9(10-2)12-6)14-5-3-4-11-14/h3-5H,1-2H3,(H,10,12,13). The van der Waals surface area contributed by atoms with Gasteiger partial charge in [-0.1, -0.05) is 0 Å². The van der Waals surface area contributed by atoms with Gasteiger partial charge in [-0.2, -0.15) is 10.1 Å². The average molecular weight is 234 g/mol. The molecular formula is C9H10N6O2. The second kappa shape index (κ2) is 4.16.